The van der Waals surface area contributed by atoms with Crippen molar-refractivity contribution in [2.75, 3.05) is 0 Å². The van der Waals surface area contributed by atoms with Crippen LogP contribution in [0.1, 0.15) is 25.3 Å². The molecule has 2 nitrogen and oxygen atoms in total. The Morgan fingerprint density at radius 3 is 2.36 bits per heavy atom. The minimum Gasteiger partial charge on any atom is -0.309 e. The van der Waals surface area contributed by atoms with Gasteiger partial charge < -0.3 is 4.57 Å². The van der Waals surface area contributed by atoms with Crippen LogP contribution in [-0.2, 0) is 0 Å². The zero-order valence-electron chi connectivity index (χ0n) is 8.51. The Kier molecular flexibility index (Phi) is 2.35. The van der Waals surface area contributed by atoms with E-state index in [9.17, 15) is 0 Å². The van der Waals surface area contributed by atoms with Crippen LogP contribution < -0.4 is 0 Å². The first-order valence-electron chi connectivity index (χ1n) is 4.86. The molecular weight excluding hydrogens is 172 g/mol. The molecule has 2 heterocycles. The van der Waals surface area contributed by atoms with E-state index >= 15 is 0 Å². The van der Waals surface area contributed by atoms with Crippen molar-refractivity contribution in [3.05, 3.63) is 48.4 Å². The van der Waals surface area contributed by atoms with Crippen LogP contribution in [0.3, 0.4) is 0 Å². The number of hydrogen-bond acceptors (Lipinski definition) is 1. The largest absolute Gasteiger partial charge is 0.309 e. The summed E-state index contributed by atoms with van der Waals surface area (Å²) in [7, 11) is 0. The highest BCUT2D eigenvalue weighted by Crippen LogP contribution is 2.14. The third kappa shape index (κ3) is 1.69. The number of pyridine rings is 1. The Labute approximate surface area is 84.2 Å². The predicted molar refractivity (Wildman–Crippen MR) is 57.7 cm³/mol. The molecule has 2 aromatic heterocycles. The number of nitrogens with zero attached hydrogens (tertiary/aromatic N) is 2. The summed E-state index contributed by atoms with van der Waals surface area (Å²) in [6.45, 7) is 4.35. The van der Waals surface area contributed by atoms with Crippen LogP contribution in [0.5, 0.6) is 0 Å². The summed E-state index contributed by atoms with van der Waals surface area (Å²) in [4.78, 5) is 4.41. The average molecular weight is 186 g/mol. The topological polar surface area (TPSA) is 17.8 Å². The number of aromatic nitrogens is 2. The smallest absolute Gasteiger partial charge is 0.136 e. The zero-order chi connectivity index (χ0) is 9.97. The van der Waals surface area contributed by atoms with Crippen LogP contribution in [0, 0.1) is 0 Å². The normalized spacial score (nSPS) is 10.8. The van der Waals surface area contributed by atoms with Crippen molar-refractivity contribution in [2.24, 2.45) is 0 Å². The van der Waals surface area contributed by atoms with Crippen molar-refractivity contribution < 1.29 is 0 Å². The van der Waals surface area contributed by atoms with E-state index in [0.29, 0.717) is 5.92 Å². The first-order valence-corrected chi connectivity index (χ1v) is 4.86. The van der Waals surface area contributed by atoms with E-state index in [-0.39, 0.29) is 0 Å². The maximum Gasteiger partial charge on any atom is 0.136 e. The van der Waals surface area contributed by atoms with Gasteiger partial charge in [-0.05, 0) is 29.7 Å². The van der Waals surface area contributed by atoms with E-state index in [1.54, 1.807) is 0 Å². The molecule has 0 aromatic carbocycles. The van der Waals surface area contributed by atoms with E-state index in [4.69, 9.17) is 0 Å². The minimum atomic E-state index is 0.543. The summed E-state index contributed by atoms with van der Waals surface area (Å²) in [6.07, 6.45) is 5.94. The average Bonchev–Trinajstić information content (AvgIpc) is 2.71. The number of rotatable bonds is 2. The van der Waals surface area contributed by atoms with Crippen molar-refractivity contribution in [1.29, 1.82) is 0 Å². The second-order valence-corrected chi connectivity index (χ2v) is 3.69. The lowest BCUT2D eigenvalue weighted by molar-refractivity contribution is 0.852. The minimum absolute atomic E-state index is 0.543. The van der Waals surface area contributed by atoms with Gasteiger partial charge in [-0.25, -0.2) is 4.98 Å². The lowest BCUT2D eigenvalue weighted by Crippen LogP contribution is -1.95. The summed E-state index contributed by atoms with van der Waals surface area (Å²) >= 11 is 0. The fourth-order valence-electron chi connectivity index (χ4n) is 1.38. The molecule has 0 amide bonds. The van der Waals surface area contributed by atoms with Crippen LogP contribution in [0.2, 0.25) is 0 Å². The molecule has 2 rings (SSSR count). The SMILES string of the molecule is CC(C)c1ccc(-n2cccc2)nc1. The van der Waals surface area contributed by atoms with Gasteiger partial charge in [0.05, 0.1) is 0 Å². The van der Waals surface area contributed by atoms with Gasteiger partial charge in [0.25, 0.3) is 0 Å². The molecule has 72 valence electrons. The molecule has 0 aliphatic rings. The van der Waals surface area contributed by atoms with Crippen molar-refractivity contribution in [3.8, 4) is 5.82 Å². The molecule has 2 heteroatoms. The van der Waals surface area contributed by atoms with E-state index in [0.717, 1.165) is 5.82 Å². The fourth-order valence-corrected chi connectivity index (χ4v) is 1.38. The fraction of sp³-hybridized carbons (Fsp3) is 0.250. The van der Waals surface area contributed by atoms with Crippen LogP contribution in [0.25, 0.3) is 5.82 Å². The van der Waals surface area contributed by atoms with Gasteiger partial charge >= 0.3 is 0 Å². The predicted octanol–water partition coefficient (Wildman–Crippen LogP) is 3.00. The van der Waals surface area contributed by atoms with Crippen molar-refractivity contribution in [1.82, 2.24) is 9.55 Å². The number of hydrogen-bond donors (Lipinski definition) is 0. The van der Waals surface area contributed by atoms with Gasteiger partial charge in [-0.3, -0.25) is 0 Å². The molecular formula is C12H14N2. The molecule has 0 saturated heterocycles. The van der Waals surface area contributed by atoms with Gasteiger partial charge in [0.15, 0.2) is 0 Å². The summed E-state index contributed by atoms with van der Waals surface area (Å²) in [5, 5.41) is 0. The second kappa shape index (κ2) is 3.66. The highest BCUT2D eigenvalue weighted by molar-refractivity contribution is 5.27. The molecule has 14 heavy (non-hydrogen) atoms. The molecule has 0 N–H and O–H groups in total. The van der Waals surface area contributed by atoms with Gasteiger partial charge in [0.1, 0.15) is 5.82 Å². The van der Waals surface area contributed by atoms with Gasteiger partial charge in [0.2, 0.25) is 0 Å². The highest BCUT2D eigenvalue weighted by atomic mass is 15.0. The molecule has 0 saturated carbocycles. The van der Waals surface area contributed by atoms with Crippen LogP contribution >= 0.6 is 0 Å². The van der Waals surface area contributed by atoms with Crippen LogP contribution in [0.4, 0.5) is 0 Å². The Morgan fingerprint density at radius 2 is 1.86 bits per heavy atom. The van der Waals surface area contributed by atoms with Gasteiger partial charge in [-0.2, -0.15) is 0 Å². The van der Waals surface area contributed by atoms with Gasteiger partial charge in [-0.1, -0.05) is 19.9 Å². The third-order valence-corrected chi connectivity index (χ3v) is 2.31. The standard InChI is InChI=1S/C12H14N2/c1-10(2)11-5-6-12(13-9-11)14-7-3-4-8-14/h3-10H,1-2H3. The molecule has 0 fully saturated rings. The summed E-state index contributed by atoms with van der Waals surface area (Å²) in [5.41, 5.74) is 1.28. The Balaban J connectivity index is 2.31. The molecule has 0 bridgehead atoms. The first kappa shape index (κ1) is 9.00. The molecule has 0 atom stereocenters. The second-order valence-electron chi connectivity index (χ2n) is 3.69. The van der Waals surface area contributed by atoms with Gasteiger partial charge in [0, 0.05) is 18.6 Å². The molecule has 0 aliphatic heterocycles. The quantitative estimate of drug-likeness (QED) is 0.705. The van der Waals surface area contributed by atoms with Crippen molar-refractivity contribution >= 4 is 0 Å². The maximum atomic E-state index is 4.41. The Morgan fingerprint density at radius 1 is 1.14 bits per heavy atom. The molecule has 0 spiro atoms. The van der Waals surface area contributed by atoms with Crippen molar-refractivity contribution in [2.45, 2.75) is 19.8 Å². The van der Waals surface area contributed by atoms with Gasteiger partial charge in [-0.15, -0.1) is 0 Å². The zero-order valence-corrected chi connectivity index (χ0v) is 8.51. The molecule has 0 unspecified atom stereocenters. The summed E-state index contributed by atoms with van der Waals surface area (Å²) in [6, 6.07) is 8.18. The Hall–Kier alpha value is -1.57. The monoisotopic (exact) mass is 186 g/mol. The van der Waals surface area contributed by atoms with Crippen LogP contribution in [-0.4, -0.2) is 9.55 Å². The summed E-state index contributed by atoms with van der Waals surface area (Å²) < 4.78 is 2.00. The van der Waals surface area contributed by atoms with Crippen LogP contribution in [0.15, 0.2) is 42.9 Å². The lowest BCUT2D eigenvalue weighted by atomic mass is 10.1. The highest BCUT2D eigenvalue weighted by Gasteiger charge is 2.00. The first-order chi connectivity index (χ1) is 6.77. The van der Waals surface area contributed by atoms with E-state index in [2.05, 4.69) is 31.0 Å². The van der Waals surface area contributed by atoms with E-state index in [1.807, 2.05) is 35.3 Å². The van der Waals surface area contributed by atoms with E-state index < -0.39 is 0 Å². The van der Waals surface area contributed by atoms with Crippen molar-refractivity contribution in [3.63, 3.8) is 0 Å². The Bertz CT molecular complexity index is 385. The van der Waals surface area contributed by atoms with E-state index in [1.165, 1.54) is 5.56 Å². The molecule has 0 radical (unpaired) electrons. The molecule has 2 aromatic rings. The summed E-state index contributed by atoms with van der Waals surface area (Å²) in [5.74, 6) is 1.51. The maximum absolute atomic E-state index is 4.41. The molecule has 0 aliphatic carbocycles. The lowest BCUT2D eigenvalue weighted by Gasteiger charge is -2.06. The third-order valence-electron chi connectivity index (χ3n) is 2.31.